The Balaban J connectivity index is 2.17. The van der Waals surface area contributed by atoms with Crippen LogP contribution in [-0.4, -0.2) is 21.0 Å². The number of aliphatic carboxylic acids is 1. The minimum Gasteiger partial charge on any atom is -0.478 e. The Kier molecular flexibility index (Phi) is 4.87. The van der Waals surface area contributed by atoms with Gasteiger partial charge in [0.05, 0.1) is 9.50 Å². The molecule has 8 heteroatoms. The molecule has 0 aliphatic rings. The third-order valence-electron chi connectivity index (χ3n) is 2.24. The third kappa shape index (κ3) is 4.24. The lowest BCUT2D eigenvalue weighted by Gasteiger charge is -2.06. The number of hydrogen-bond donors (Lipinski definition) is 1. The molecule has 0 bridgehead atoms. The molecule has 1 N–H and O–H groups in total. The zero-order valence-electron chi connectivity index (χ0n) is 10.3. The molecule has 0 fully saturated rings. The monoisotopic (exact) mass is 372 g/mol. The number of carbonyl (C=O) groups is 1. The molecule has 1 aromatic heterocycles. The molecule has 1 heterocycles. The first-order valence-corrected chi connectivity index (χ1v) is 6.68. The Bertz CT molecular complexity index is 707. The van der Waals surface area contributed by atoms with E-state index >= 15 is 0 Å². The van der Waals surface area contributed by atoms with Crippen LogP contribution in [0, 0.1) is 5.82 Å². The highest BCUT2D eigenvalue weighted by Gasteiger charge is 2.10. The van der Waals surface area contributed by atoms with E-state index in [1.54, 1.807) is 0 Å². The Morgan fingerprint density at radius 3 is 2.67 bits per heavy atom. The molecule has 0 saturated heterocycles. The molecule has 108 valence electrons. The molecule has 0 amide bonds. The summed E-state index contributed by atoms with van der Waals surface area (Å²) in [6, 6.07) is 2.45. The molecule has 0 saturated carbocycles. The van der Waals surface area contributed by atoms with Gasteiger partial charge in [-0.05, 0) is 28.1 Å². The zero-order valence-corrected chi connectivity index (χ0v) is 12.6. The zero-order chi connectivity index (χ0) is 15.4. The molecule has 0 aliphatic carbocycles. The lowest BCUT2D eigenvalue weighted by Crippen LogP contribution is -1.94. The maximum Gasteiger partial charge on any atom is 0.328 e. The second kappa shape index (κ2) is 6.64. The van der Waals surface area contributed by atoms with Gasteiger partial charge in [-0.25, -0.2) is 19.2 Å². The Morgan fingerprint density at radius 2 is 2.05 bits per heavy atom. The SMILES string of the molecule is O=C(O)/C=C/c1cnc(Oc2cc(F)c(Cl)cc2Br)nc1. The van der Waals surface area contributed by atoms with Crippen molar-refractivity contribution in [3.05, 3.63) is 51.5 Å². The van der Waals surface area contributed by atoms with Crippen LogP contribution in [0.2, 0.25) is 5.02 Å². The quantitative estimate of drug-likeness (QED) is 0.649. The van der Waals surface area contributed by atoms with Crippen LogP contribution in [0.5, 0.6) is 11.8 Å². The summed E-state index contributed by atoms with van der Waals surface area (Å²) >= 11 is 8.81. The summed E-state index contributed by atoms with van der Waals surface area (Å²) in [5.41, 5.74) is 0.492. The highest BCUT2D eigenvalue weighted by atomic mass is 79.9. The minimum absolute atomic E-state index is 0.00935. The number of aromatic nitrogens is 2. The average Bonchev–Trinajstić information content (AvgIpc) is 2.44. The van der Waals surface area contributed by atoms with E-state index in [4.69, 9.17) is 21.4 Å². The van der Waals surface area contributed by atoms with Gasteiger partial charge in [0, 0.05) is 30.1 Å². The van der Waals surface area contributed by atoms with Crippen LogP contribution in [0.1, 0.15) is 5.56 Å². The number of carboxylic acids is 1. The van der Waals surface area contributed by atoms with Crippen molar-refractivity contribution in [1.82, 2.24) is 9.97 Å². The smallest absolute Gasteiger partial charge is 0.328 e. The van der Waals surface area contributed by atoms with E-state index in [9.17, 15) is 9.18 Å². The van der Waals surface area contributed by atoms with Crippen LogP contribution in [0.3, 0.4) is 0 Å². The molecule has 21 heavy (non-hydrogen) atoms. The lowest BCUT2D eigenvalue weighted by molar-refractivity contribution is -0.131. The van der Waals surface area contributed by atoms with Gasteiger partial charge in [0.15, 0.2) is 0 Å². The number of halogens is 3. The standard InChI is InChI=1S/C13H7BrClFN2O3/c14-8-3-9(15)10(16)4-11(8)21-13-17-5-7(6-18-13)1-2-12(19)20/h1-6H,(H,19,20)/b2-1+. The fourth-order valence-corrected chi connectivity index (χ4v) is 2.03. The van der Waals surface area contributed by atoms with Gasteiger partial charge < -0.3 is 9.84 Å². The van der Waals surface area contributed by atoms with Crippen molar-refractivity contribution in [2.75, 3.05) is 0 Å². The van der Waals surface area contributed by atoms with Crippen molar-refractivity contribution < 1.29 is 19.0 Å². The van der Waals surface area contributed by atoms with E-state index < -0.39 is 11.8 Å². The average molecular weight is 374 g/mol. The van der Waals surface area contributed by atoms with Gasteiger partial charge in [0.2, 0.25) is 0 Å². The highest BCUT2D eigenvalue weighted by molar-refractivity contribution is 9.10. The van der Waals surface area contributed by atoms with Crippen molar-refractivity contribution in [3.8, 4) is 11.8 Å². The van der Waals surface area contributed by atoms with Gasteiger partial charge in [-0.15, -0.1) is 0 Å². The van der Waals surface area contributed by atoms with E-state index in [0.717, 1.165) is 12.1 Å². The van der Waals surface area contributed by atoms with Crippen molar-refractivity contribution in [1.29, 1.82) is 0 Å². The van der Waals surface area contributed by atoms with Gasteiger partial charge in [-0.2, -0.15) is 0 Å². The Labute approximate surface area is 132 Å². The number of ether oxygens (including phenoxy) is 1. The first kappa shape index (κ1) is 15.4. The second-order valence-corrected chi connectivity index (χ2v) is 5.03. The first-order chi connectivity index (χ1) is 9.95. The molecule has 0 aliphatic heterocycles. The summed E-state index contributed by atoms with van der Waals surface area (Å²) in [5, 5.41) is 8.46. The van der Waals surface area contributed by atoms with Crippen LogP contribution in [0.4, 0.5) is 4.39 Å². The topological polar surface area (TPSA) is 72.3 Å². The maximum absolute atomic E-state index is 13.4. The summed E-state index contributed by atoms with van der Waals surface area (Å²) < 4.78 is 19.1. The molecule has 2 aromatic rings. The van der Waals surface area contributed by atoms with Crippen molar-refractivity contribution >= 4 is 39.6 Å². The molecule has 5 nitrogen and oxygen atoms in total. The van der Waals surface area contributed by atoms with Gasteiger partial charge in [-0.3, -0.25) is 0 Å². The van der Waals surface area contributed by atoms with E-state index in [1.165, 1.54) is 24.5 Å². The summed E-state index contributed by atoms with van der Waals surface area (Å²) in [4.78, 5) is 18.2. The summed E-state index contributed by atoms with van der Waals surface area (Å²) in [6.45, 7) is 0. The molecule has 0 unspecified atom stereocenters. The largest absolute Gasteiger partial charge is 0.478 e. The Morgan fingerprint density at radius 1 is 1.38 bits per heavy atom. The van der Waals surface area contributed by atoms with E-state index in [2.05, 4.69) is 25.9 Å². The van der Waals surface area contributed by atoms with Gasteiger partial charge in [-0.1, -0.05) is 11.6 Å². The first-order valence-electron chi connectivity index (χ1n) is 5.51. The second-order valence-electron chi connectivity index (χ2n) is 3.77. The fraction of sp³-hybridized carbons (Fsp3) is 0. The fourth-order valence-electron chi connectivity index (χ4n) is 1.31. The summed E-state index contributed by atoms with van der Waals surface area (Å²) in [7, 11) is 0. The normalized spacial score (nSPS) is 10.8. The molecule has 2 rings (SSSR count). The molecule has 0 radical (unpaired) electrons. The number of nitrogens with zero attached hydrogens (tertiary/aromatic N) is 2. The third-order valence-corrected chi connectivity index (χ3v) is 3.15. The van der Waals surface area contributed by atoms with Crippen LogP contribution in [-0.2, 0) is 4.79 Å². The molecular weight excluding hydrogens is 367 g/mol. The summed E-state index contributed by atoms with van der Waals surface area (Å²) in [6.07, 6.45) is 5.05. The molecule has 1 aromatic carbocycles. The molecule has 0 spiro atoms. The maximum atomic E-state index is 13.4. The van der Waals surface area contributed by atoms with Crippen LogP contribution < -0.4 is 4.74 Å². The molecule has 0 atom stereocenters. The number of hydrogen-bond acceptors (Lipinski definition) is 4. The highest BCUT2D eigenvalue weighted by Crippen LogP contribution is 2.32. The van der Waals surface area contributed by atoms with E-state index in [-0.39, 0.29) is 16.8 Å². The summed E-state index contributed by atoms with van der Waals surface area (Å²) in [5.74, 6) is -1.53. The van der Waals surface area contributed by atoms with Crippen molar-refractivity contribution in [2.24, 2.45) is 0 Å². The van der Waals surface area contributed by atoms with Gasteiger partial charge >= 0.3 is 12.0 Å². The number of rotatable bonds is 4. The predicted octanol–water partition coefficient (Wildman–Crippen LogP) is 3.92. The van der Waals surface area contributed by atoms with Crippen LogP contribution in [0.25, 0.3) is 6.08 Å². The molecular formula is C13H7BrClFN2O3. The van der Waals surface area contributed by atoms with Crippen molar-refractivity contribution in [2.45, 2.75) is 0 Å². The van der Waals surface area contributed by atoms with E-state index in [0.29, 0.717) is 10.0 Å². The number of benzene rings is 1. The van der Waals surface area contributed by atoms with Crippen molar-refractivity contribution in [3.63, 3.8) is 0 Å². The number of carboxylic acid groups (broad SMARTS) is 1. The lowest BCUT2D eigenvalue weighted by atomic mass is 10.3. The van der Waals surface area contributed by atoms with Gasteiger partial charge in [0.25, 0.3) is 0 Å². The predicted molar refractivity (Wildman–Crippen MR) is 77.9 cm³/mol. The minimum atomic E-state index is -1.07. The Hall–Kier alpha value is -1.99. The van der Waals surface area contributed by atoms with Crippen LogP contribution >= 0.6 is 27.5 Å². The van der Waals surface area contributed by atoms with Crippen LogP contribution in [0.15, 0.2) is 35.1 Å². The van der Waals surface area contributed by atoms with Gasteiger partial charge in [0.1, 0.15) is 11.6 Å². The van der Waals surface area contributed by atoms with E-state index in [1.807, 2.05) is 0 Å².